The molecule has 0 aliphatic heterocycles. The molecule has 2 aromatic rings. The lowest BCUT2D eigenvalue weighted by Gasteiger charge is -2.09. The summed E-state index contributed by atoms with van der Waals surface area (Å²) in [7, 11) is 0. The summed E-state index contributed by atoms with van der Waals surface area (Å²) in [6.45, 7) is 2.81. The van der Waals surface area contributed by atoms with Crippen LogP contribution in [0.5, 0.6) is 0 Å². The number of tetrazole rings is 1. The van der Waals surface area contributed by atoms with E-state index in [-0.39, 0.29) is 12.3 Å². The molecule has 2 heterocycles. The Morgan fingerprint density at radius 2 is 2.39 bits per heavy atom. The number of hydrogen-bond acceptors (Lipinski definition) is 5. The fourth-order valence-corrected chi connectivity index (χ4v) is 1.68. The van der Waals surface area contributed by atoms with E-state index >= 15 is 0 Å². The van der Waals surface area contributed by atoms with Crippen LogP contribution in [0, 0.1) is 5.92 Å². The van der Waals surface area contributed by atoms with Gasteiger partial charge in [-0.25, -0.2) is 4.68 Å². The van der Waals surface area contributed by atoms with Crippen molar-refractivity contribution in [3.05, 3.63) is 24.3 Å². The lowest BCUT2D eigenvalue weighted by atomic mass is 10.1. The lowest BCUT2D eigenvalue weighted by molar-refractivity contribution is -0.138. The summed E-state index contributed by atoms with van der Waals surface area (Å²) in [6.07, 6.45) is 3.60. The van der Waals surface area contributed by atoms with Crippen molar-refractivity contribution >= 4 is 5.97 Å². The van der Waals surface area contributed by atoms with Gasteiger partial charge >= 0.3 is 5.97 Å². The van der Waals surface area contributed by atoms with Crippen molar-refractivity contribution in [2.45, 2.75) is 26.4 Å². The van der Waals surface area contributed by atoms with Gasteiger partial charge < -0.3 is 5.11 Å². The van der Waals surface area contributed by atoms with E-state index < -0.39 is 5.97 Å². The minimum atomic E-state index is -0.816. The van der Waals surface area contributed by atoms with Gasteiger partial charge in [0.2, 0.25) is 0 Å². The molecule has 0 spiro atoms. The number of rotatable bonds is 6. The maximum Gasteiger partial charge on any atom is 0.303 e. The number of aliphatic carboxylic acids is 1. The predicted molar refractivity (Wildman–Crippen MR) is 60.6 cm³/mol. The van der Waals surface area contributed by atoms with Gasteiger partial charge in [-0.2, -0.15) is 5.10 Å². The van der Waals surface area contributed by atoms with Crippen LogP contribution in [0.15, 0.2) is 18.5 Å². The van der Waals surface area contributed by atoms with Gasteiger partial charge in [-0.15, -0.1) is 5.10 Å². The normalized spacial score (nSPS) is 12.5. The second kappa shape index (κ2) is 5.39. The van der Waals surface area contributed by atoms with Crippen LogP contribution < -0.4 is 0 Å². The van der Waals surface area contributed by atoms with Gasteiger partial charge in [-0.05, 0) is 22.4 Å². The fourth-order valence-electron chi connectivity index (χ4n) is 1.68. The zero-order chi connectivity index (χ0) is 13.0. The number of carboxylic acid groups (broad SMARTS) is 1. The molecule has 0 aliphatic carbocycles. The van der Waals surface area contributed by atoms with Crippen molar-refractivity contribution < 1.29 is 9.90 Å². The zero-order valence-electron chi connectivity index (χ0n) is 9.97. The highest BCUT2D eigenvalue weighted by atomic mass is 16.4. The first kappa shape index (κ1) is 12.2. The highest BCUT2D eigenvalue weighted by Crippen LogP contribution is 2.06. The second-order valence-corrected chi connectivity index (χ2v) is 4.18. The average molecular weight is 250 g/mol. The first-order valence-electron chi connectivity index (χ1n) is 5.59. The third-order valence-electron chi connectivity index (χ3n) is 2.48. The highest BCUT2D eigenvalue weighted by Gasteiger charge is 2.13. The molecule has 8 nitrogen and oxygen atoms in total. The molecule has 0 saturated heterocycles. The Morgan fingerprint density at radius 1 is 1.56 bits per heavy atom. The van der Waals surface area contributed by atoms with Crippen LogP contribution in [-0.4, -0.2) is 41.1 Å². The molecule has 0 radical (unpaired) electrons. The van der Waals surface area contributed by atoms with Gasteiger partial charge in [0.05, 0.1) is 0 Å². The number of carbonyl (C=O) groups is 1. The molecule has 96 valence electrons. The molecule has 1 atom stereocenters. The van der Waals surface area contributed by atoms with E-state index in [0.29, 0.717) is 18.9 Å². The highest BCUT2D eigenvalue weighted by molar-refractivity contribution is 5.66. The van der Waals surface area contributed by atoms with Crippen molar-refractivity contribution in [1.29, 1.82) is 0 Å². The van der Waals surface area contributed by atoms with Crippen molar-refractivity contribution in [2.24, 2.45) is 5.92 Å². The molecule has 1 N–H and O–H groups in total. The third-order valence-corrected chi connectivity index (χ3v) is 2.48. The zero-order valence-corrected chi connectivity index (χ0v) is 9.97. The van der Waals surface area contributed by atoms with Crippen molar-refractivity contribution in [3.8, 4) is 0 Å². The van der Waals surface area contributed by atoms with Crippen molar-refractivity contribution in [3.63, 3.8) is 0 Å². The number of carboxylic acids is 1. The molecule has 2 aromatic heterocycles. The van der Waals surface area contributed by atoms with E-state index in [9.17, 15) is 4.79 Å². The molecule has 2 rings (SSSR count). The molecule has 8 heteroatoms. The summed E-state index contributed by atoms with van der Waals surface area (Å²) in [5.74, 6) is -0.178. The Labute approximate surface area is 103 Å². The lowest BCUT2D eigenvalue weighted by Crippen LogP contribution is -2.17. The Hall–Kier alpha value is -2.25. The van der Waals surface area contributed by atoms with Crippen LogP contribution in [0.2, 0.25) is 0 Å². The second-order valence-electron chi connectivity index (χ2n) is 4.18. The molecule has 0 amide bonds. The first-order chi connectivity index (χ1) is 8.65. The monoisotopic (exact) mass is 250 g/mol. The van der Waals surface area contributed by atoms with Gasteiger partial charge in [0.1, 0.15) is 6.54 Å². The largest absolute Gasteiger partial charge is 0.481 e. The van der Waals surface area contributed by atoms with Crippen LogP contribution in [0.25, 0.3) is 0 Å². The summed E-state index contributed by atoms with van der Waals surface area (Å²) in [5.41, 5.74) is 0. The van der Waals surface area contributed by atoms with Crippen LogP contribution in [0.4, 0.5) is 0 Å². The minimum absolute atomic E-state index is 0.0256. The summed E-state index contributed by atoms with van der Waals surface area (Å²) in [4.78, 5) is 10.6. The summed E-state index contributed by atoms with van der Waals surface area (Å²) >= 11 is 0. The standard InChI is InChI=1S/C10H14N6O2/c1-8(5-10(17)18)6-16-9(12-13-14-16)7-15-4-2-3-11-15/h2-4,8H,5-7H2,1H3,(H,17,18). The fraction of sp³-hybridized carbons (Fsp3) is 0.500. The third kappa shape index (κ3) is 3.12. The summed E-state index contributed by atoms with van der Waals surface area (Å²) in [5, 5.41) is 24.2. The van der Waals surface area contributed by atoms with Gasteiger partial charge in [0, 0.05) is 25.4 Å². The van der Waals surface area contributed by atoms with Crippen LogP contribution in [0.1, 0.15) is 19.2 Å². The average Bonchev–Trinajstić information content (AvgIpc) is 2.90. The van der Waals surface area contributed by atoms with E-state index in [2.05, 4.69) is 20.6 Å². The van der Waals surface area contributed by atoms with E-state index in [0.717, 1.165) is 0 Å². The van der Waals surface area contributed by atoms with Gasteiger partial charge in [0.25, 0.3) is 0 Å². The SMILES string of the molecule is CC(CC(=O)O)Cn1nnnc1Cn1cccn1. The molecule has 0 fully saturated rings. The van der Waals surface area contributed by atoms with Gasteiger partial charge in [-0.1, -0.05) is 6.92 Å². The quantitative estimate of drug-likeness (QED) is 0.776. The van der Waals surface area contributed by atoms with E-state index in [4.69, 9.17) is 5.11 Å². The topological polar surface area (TPSA) is 98.7 Å². The minimum Gasteiger partial charge on any atom is -0.481 e. The van der Waals surface area contributed by atoms with Crippen LogP contribution in [0.3, 0.4) is 0 Å². The van der Waals surface area contributed by atoms with Gasteiger partial charge in [0.15, 0.2) is 5.82 Å². The predicted octanol–water partition coefficient (Wildman–Crippen LogP) is 0.0287. The molecular formula is C10H14N6O2. The van der Waals surface area contributed by atoms with E-state index in [1.54, 1.807) is 15.6 Å². The number of aromatic nitrogens is 6. The first-order valence-corrected chi connectivity index (χ1v) is 5.59. The van der Waals surface area contributed by atoms with Gasteiger partial charge in [-0.3, -0.25) is 9.48 Å². The summed E-state index contributed by atoms with van der Waals surface area (Å²) in [6, 6.07) is 1.82. The number of nitrogens with zero attached hydrogens (tertiary/aromatic N) is 6. The van der Waals surface area contributed by atoms with E-state index in [1.165, 1.54) is 0 Å². The molecule has 0 bridgehead atoms. The molecule has 18 heavy (non-hydrogen) atoms. The van der Waals surface area contributed by atoms with Crippen molar-refractivity contribution in [2.75, 3.05) is 0 Å². The Bertz CT molecular complexity index is 506. The summed E-state index contributed by atoms with van der Waals surface area (Å²) < 4.78 is 3.33. The molecule has 0 aromatic carbocycles. The maximum absolute atomic E-state index is 10.6. The molecule has 0 aliphatic rings. The molecule has 0 saturated carbocycles. The van der Waals surface area contributed by atoms with Crippen molar-refractivity contribution in [1.82, 2.24) is 30.0 Å². The molecule has 1 unspecified atom stereocenters. The van der Waals surface area contributed by atoms with E-state index in [1.807, 2.05) is 19.2 Å². The number of hydrogen-bond donors (Lipinski definition) is 1. The molecular weight excluding hydrogens is 236 g/mol. The Balaban J connectivity index is 2.01. The Kier molecular flexibility index (Phi) is 3.66. The van der Waals surface area contributed by atoms with Crippen LogP contribution >= 0.6 is 0 Å². The maximum atomic E-state index is 10.6. The smallest absolute Gasteiger partial charge is 0.303 e. The van der Waals surface area contributed by atoms with Crippen LogP contribution in [-0.2, 0) is 17.9 Å². The Morgan fingerprint density at radius 3 is 3.06 bits per heavy atom.